The van der Waals surface area contributed by atoms with Crippen molar-refractivity contribution in [3.05, 3.63) is 9.81 Å². The summed E-state index contributed by atoms with van der Waals surface area (Å²) >= 11 is 0. The predicted octanol–water partition coefficient (Wildman–Crippen LogP) is -0.118. The van der Waals surface area contributed by atoms with Gasteiger partial charge in [-0.3, -0.25) is 0 Å². The van der Waals surface area contributed by atoms with Gasteiger partial charge < -0.3 is 4.74 Å². The molecule has 0 aromatic heterocycles. The lowest BCUT2D eigenvalue weighted by atomic mass is 9.85. The molecule has 0 aliphatic carbocycles. The van der Waals surface area contributed by atoms with Crippen LogP contribution in [0.3, 0.4) is 0 Å². The third kappa shape index (κ3) is 1.53. The van der Waals surface area contributed by atoms with E-state index in [-0.39, 0.29) is 18.5 Å². The normalized spacial score (nSPS) is 41.1. The lowest BCUT2D eigenvalue weighted by Crippen LogP contribution is -2.25. The van der Waals surface area contributed by atoms with E-state index in [9.17, 15) is 9.81 Å². The average molecular weight is 170 g/mol. The summed E-state index contributed by atoms with van der Waals surface area (Å²) in [4.78, 5) is 20.3. The molecule has 1 saturated heterocycles. The summed E-state index contributed by atoms with van der Waals surface area (Å²) in [6, 6.07) is -0.433. The molecular formula is C6H11BN2O3. The van der Waals surface area contributed by atoms with E-state index in [0.29, 0.717) is 0 Å². The largest absolute Gasteiger partial charge is 0.379 e. The minimum Gasteiger partial charge on any atom is -0.379 e. The van der Waals surface area contributed by atoms with Gasteiger partial charge in [-0.05, 0) is 0 Å². The van der Waals surface area contributed by atoms with Crippen molar-refractivity contribution in [2.24, 2.45) is 16.3 Å². The van der Waals surface area contributed by atoms with Crippen molar-refractivity contribution < 1.29 is 4.74 Å². The highest BCUT2D eigenvalue weighted by Crippen LogP contribution is 2.27. The summed E-state index contributed by atoms with van der Waals surface area (Å²) in [5, 5.41) is 5.66. The molecule has 1 aliphatic heterocycles. The van der Waals surface area contributed by atoms with Gasteiger partial charge in [-0.15, -0.1) is 0 Å². The van der Waals surface area contributed by atoms with E-state index >= 15 is 0 Å². The highest BCUT2D eigenvalue weighted by Gasteiger charge is 2.40. The Kier molecular flexibility index (Phi) is 2.91. The molecule has 1 aliphatic rings. The molecule has 66 valence electrons. The van der Waals surface area contributed by atoms with E-state index in [2.05, 4.69) is 10.4 Å². The molecular weight excluding hydrogens is 159 g/mol. The second-order valence-electron chi connectivity index (χ2n) is 3.15. The number of rotatable bonds is 3. The van der Waals surface area contributed by atoms with Gasteiger partial charge in [0, 0.05) is 11.9 Å². The van der Waals surface area contributed by atoms with Crippen molar-refractivity contribution in [2.45, 2.75) is 25.1 Å². The topological polar surface area (TPSA) is 68.1 Å². The first kappa shape index (κ1) is 9.31. The van der Waals surface area contributed by atoms with E-state index < -0.39 is 12.1 Å². The summed E-state index contributed by atoms with van der Waals surface area (Å²) in [6.45, 7) is 1.91. The molecule has 0 aromatic carbocycles. The molecule has 0 amide bonds. The summed E-state index contributed by atoms with van der Waals surface area (Å²) in [7, 11) is 1.87. The zero-order chi connectivity index (χ0) is 9.14. The van der Waals surface area contributed by atoms with Crippen molar-refractivity contribution in [2.75, 3.05) is 6.54 Å². The van der Waals surface area contributed by atoms with Gasteiger partial charge in [-0.2, -0.15) is 9.81 Å². The van der Waals surface area contributed by atoms with Gasteiger partial charge in [-0.1, -0.05) is 17.3 Å². The van der Waals surface area contributed by atoms with Crippen LogP contribution in [0.4, 0.5) is 0 Å². The maximum Gasteiger partial charge on any atom is 0.139 e. The quantitative estimate of drug-likeness (QED) is 0.438. The maximum atomic E-state index is 10.4. The van der Waals surface area contributed by atoms with Crippen LogP contribution in [0.25, 0.3) is 0 Å². The lowest BCUT2D eigenvalue weighted by Gasteiger charge is -2.09. The molecule has 6 heteroatoms. The summed E-state index contributed by atoms with van der Waals surface area (Å²) in [5.41, 5.74) is 0. The Balaban J connectivity index is 2.64. The first-order valence-electron chi connectivity index (χ1n) is 3.97. The Labute approximate surface area is 71.2 Å². The van der Waals surface area contributed by atoms with Crippen molar-refractivity contribution in [3.63, 3.8) is 0 Å². The Morgan fingerprint density at radius 1 is 1.50 bits per heavy atom. The van der Waals surface area contributed by atoms with Gasteiger partial charge >= 0.3 is 0 Å². The fourth-order valence-corrected chi connectivity index (χ4v) is 1.48. The van der Waals surface area contributed by atoms with Crippen LogP contribution < -0.4 is 0 Å². The smallest absolute Gasteiger partial charge is 0.139 e. The molecule has 1 fully saturated rings. The Bertz CT molecular complexity index is 190. The van der Waals surface area contributed by atoms with E-state index in [1.165, 1.54) is 0 Å². The van der Waals surface area contributed by atoms with Crippen LogP contribution in [0.1, 0.15) is 6.92 Å². The average Bonchev–Trinajstić information content (AvgIpc) is 2.29. The third-order valence-corrected chi connectivity index (χ3v) is 2.43. The van der Waals surface area contributed by atoms with Crippen molar-refractivity contribution in [1.82, 2.24) is 0 Å². The predicted molar refractivity (Wildman–Crippen MR) is 46.6 cm³/mol. The molecule has 4 unspecified atom stereocenters. The molecule has 1 rings (SSSR count). The highest BCUT2D eigenvalue weighted by molar-refractivity contribution is 6.11. The fraction of sp³-hybridized carbons (Fsp3) is 1.00. The van der Waals surface area contributed by atoms with Crippen LogP contribution in [-0.2, 0) is 4.74 Å². The summed E-state index contributed by atoms with van der Waals surface area (Å²) in [5.74, 6) is 0.0780. The van der Waals surface area contributed by atoms with Crippen LogP contribution in [-0.4, -0.2) is 32.5 Å². The van der Waals surface area contributed by atoms with E-state index in [1.54, 1.807) is 0 Å². The number of nitrogens with zero attached hydrogens (tertiary/aromatic N) is 2. The van der Waals surface area contributed by atoms with Crippen molar-refractivity contribution >= 4 is 7.85 Å². The third-order valence-electron chi connectivity index (χ3n) is 2.43. The van der Waals surface area contributed by atoms with Gasteiger partial charge in [0.15, 0.2) is 0 Å². The molecule has 0 saturated carbocycles. The number of hydrogen-bond acceptors (Lipinski definition) is 5. The maximum absolute atomic E-state index is 10.4. The Hall–Kier alpha value is -0.775. The highest BCUT2D eigenvalue weighted by atomic mass is 16.5. The van der Waals surface area contributed by atoms with Crippen LogP contribution in [0.2, 0.25) is 0 Å². The monoisotopic (exact) mass is 170 g/mol. The van der Waals surface area contributed by atoms with E-state index in [0.717, 1.165) is 0 Å². The van der Waals surface area contributed by atoms with E-state index in [1.807, 2.05) is 14.8 Å². The second-order valence-corrected chi connectivity index (χ2v) is 3.15. The van der Waals surface area contributed by atoms with Crippen LogP contribution in [0.5, 0.6) is 0 Å². The number of ether oxygens (including phenoxy) is 1. The number of nitroso groups, excluding NO2 is 2. The van der Waals surface area contributed by atoms with Crippen molar-refractivity contribution in [3.8, 4) is 0 Å². The van der Waals surface area contributed by atoms with Gasteiger partial charge in [0.1, 0.15) is 26.5 Å². The molecule has 0 aromatic rings. The first-order valence-corrected chi connectivity index (χ1v) is 3.97. The minimum atomic E-state index is -0.419. The Morgan fingerprint density at radius 3 is 2.67 bits per heavy atom. The fourth-order valence-electron chi connectivity index (χ4n) is 1.48. The molecule has 5 nitrogen and oxygen atoms in total. The molecule has 0 radical (unpaired) electrons. The standard InChI is InChI=1S/C6H11BN2O3/c1-3-5(9-11)4(2-8-10)12-6(3)7/h3-6H,2,7H2,1H3. The summed E-state index contributed by atoms with van der Waals surface area (Å²) in [6.07, 6.45) is -0.412. The zero-order valence-electron chi connectivity index (χ0n) is 7.14. The second kappa shape index (κ2) is 3.75. The first-order chi connectivity index (χ1) is 5.70. The van der Waals surface area contributed by atoms with Crippen molar-refractivity contribution in [1.29, 1.82) is 0 Å². The van der Waals surface area contributed by atoms with Gasteiger partial charge in [0.2, 0.25) is 0 Å². The number of hydrogen-bond donors (Lipinski definition) is 0. The molecule has 4 atom stereocenters. The summed E-state index contributed by atoms with van der Waals surface area (Å²) < 4.78 is 5.33. The molecule has 0 spiro atoms. The minimum absolute atomic E-state index is 0.0144. The zero-order valence-corrected chi connectivity index (χ0v) is 7.14. The van der Waals surface area contributed by atoms with E-state index in [4.69, 9.17) is 4.74 Å². The molecule has 12 heavy (non-hydrogen) atoms. The van der Waals surface area contributed by atoms with Gasteiger partial charge in [0.25, 0.3) is 0 Å². The molecule has 0 bridgehead atoms. The molecule has 1 heterocycles. The van der Waals surface area contributed by atoms with Gasteiger partial charge in [-0.25, -0.2) is 0 Å². The van der Waals surface area contributed by atoms with Gasteiger partial charge in [0.05, 0.1) is 0 Å². The van der Waals surface area contributed by atoms with Crippen LogP contribution >= 0.6 is 0 Å². The van der Waals surface area contributed by atoms with Crippen LogP contribution in [0.15, 0.2) is 10.4 Å². The SMILES string of the molecule is BC1OC(CN=O)C(N=O)C1C. The Morgan fingerprint density at radius 2 is 2.17 bits per heavy atom. The molecule has 0 N–H and O–H groups in total. The lowest BCUT2D eigenvalue weighted by molar-refractivity contribution is 0.0847. The van der Waals surface area contributed by atoms with Crippen LogP contribution in [0, 0.1) is 15.7 Å².